The summed E-state index contributed by atoms with van der Waals surface area (Å²) in [5.74, 6) is 0.136. The van der Waals surface area contributed by atoms with Crippen molar-refractivity contribution in [2.75, 3.05) is 0 Å². The van der Waals surface area contributed by atoms with Gasteiger partial charge in [-0.15, -0.1) is 0 Å². The van der Waals surface area contributed by atoms with Crippen LogP contribution in [0.2, 0.25) is 0 Å². The Labute approximate surface area is 74.5 Å². The number of rotatable bonds is 0. The van der Waals surface area contributed by atoms with Crippen molar-refractivity contribution in [1.29, 1.82) is 5.26 Å². The van der Waals surface area contributed by atoms with Crippen molar-refractivity contribution in [1.82, 2.24) is 9.97 Å². The first-order valence-electron chi connectivity index (χ1n) is 3.80. The highest BCUT2D eigenvalue weighted by Crippen LogP contribution is 2.27. The third kappa shape index (κ3) is 0.942. The van der Waals surface area contributed by atoms with Crippen LogP contribution in [0.15, 0.2) is 12.4 Å². The van der Waals surface area contributed by atoms with E-state index in [0.29, 0.717) is 16.6 Å². The molecule has 0 fully saturated rings. The average Bonchev–Trinajstić information content (AvgIpc) is 2.49. The van der Waals surface area contributed by atoms with E-state index in [2.05, 4.69) is 9.97 Å². The average molecular weight is 173 g/mol. The predicted molar refractivity (Wildman–Crippen MR) is 47.2 cm³/mol. The molecule has 0 aliphatic carbocycles. The number of aryl methyl sites for hydroxylation is 1. The third-order valence-electron chi connectivity index (χ3n) is 2.06. The Morgan fingerprint density at radius 3 is 3.08 bits per heavy atom. The smallest absolute Gasteiger partial charge is 0.142 e. The molecular formula is C9H7N3O. The van der Waals surface area contributed by atoms with Crippen LogP contribution in [0.4, 0.5) is 0 Å². The van der Waals surface area contributed by atoms with Crippen LogP contribution in [-0.4, -0.2) is 15.1 Å². The summed E-state index contributed by atoms with van der Waals surface area (Å²) in [7, 11) is 0. The number of nitrogens with one attached hydrogen (secondary N) is 1. The van der Waals surface area contributed by atoms with Crippen molar-refractivity contribution >= 4 is 11.0 Å². The van der Waals surface area contributed by atoms with Gasteiger partial charge in [0, 0.05) is 12.4 Å². The first-order valence-corrected chi connectivity index (χ1v) is 3.80. The quantitative estimate of drug-likeness (QED) is 0.633. The van der Waals surface area contributed by atoms with Crippen LogP contribution in [0.1, 0.15) is 11.1 Å². The van der Waals surface area contributed by atoms with Gasteiger partial charge in [-0.3, -0.25) is 0 Å². The fraction of sp³-hybridized carbons (Fsp3) is 0.111. The molecule has 4 nitrogen and oxygen atoms in total. The standard InChI is InChI=1S/C9H7N3O/c1-5-6(2-10)3-11-9-8(5)7(13)4-12-9/h3-4,13H,1H3,(H,11,12). The number of fused-ring (bicyclic) bond motifs is 1. The van der Waals surface area contributed by atoms with Crippen LogP contribution in [0, 0.1) is 18.3 Å². The van der Waals surface area contributed by atoms with Crippen LogP contribution in [0.3, 0.4) is 0 Å². The second-order valence-electron chi connectivity index (χ2n) is 2.81. The molecule has 0 aliphatic rings. The Morgan fingerprint density at radius 2 is 2.38 bits per heavy atom. The highest BCUT2D eigenvalue weighted by atomic mass is 16.3. The second-order valence-corrected chi connectivity index (χ2v) is 2.81. The zero-order valence-electron chi connectivity index (χ0n) is 7.00. The van der Waals surface area contributed by atoms with E-state index in [-0.39, 0.29) is 5.75 Å². The molecule has 0 saturated carbocycles. The van der Waals surface area contributed by atoms with Crippen molar-refractivity contribution < 1.29 is 5.11 Å². The van der Waals surface area contributed by atoms with Gasteiger partial charge in [0.1, 0.15) is 17.5 Å². The lowest BCUT2D eigenvalue weighted by molar-refractivity contribution is 0.481. The number of hydrogen-bond acceptors (Lipinski definition) is 3. The fourth-order valence-corrected chi connectivity index (χ4v) is 1.35. The van der Waals surface area contributed by atoms with Crippen molar-refractivity contribution in [3.63, 3.8) is 0 Å². The maximum Gasteiger partial charge on any atom is 0.142 e. The van der Waals surface area contributed by atoms with Crippen LogP contribution < -0.4 is 0 Å². The van der Waals surface area contributed by atoms with E-state index in [1.54, 1.807) is 6.92 Å². The van der Waals surface area contributed by atoms with Crippen LogP contribution in [-0.2, 0) is 0 Å². The molecule has 0 atom stereocenters. The van der Waals surface area contributed by atoms with Gasteiger partial charge in [-0.05, 0) is 12.5 Å². The van der Waals surface area contributed by atoms with Gasteiger partial charge in [0.05, 0.1) is 10.9 Å². The van der Waals surface area contributed by atoms with Crippen LogP contribution in [0.25, 0.3) is 11.0 Å². The van der Waals surface area contributed by atoms with Gasteiger partial charge in [0.25, 0.3) is 0 Å². The van der Waals surface area contributed by atoms with Crippen molar-refractivity contribution in [3.05, 3.63) is 23.5 Å². The Bertz CT molecular complexity index is 507. The number of H-pyrrole nitrogens is 1. The van der Waals surface area contributed by atoms with Gasteiger partial charge >= 0.3 is 0 Å². The Morgan fingerprint density at radius 1 is 1.62 bits per heavy atom. The Balaban J connectivity index is 2.93. The van der Waals surface area contributed by atoms with Crippen LogP contribution in [0.5, 0.6) is 5.75 Å². The summed E-state index contributed by atoms with van der Waals surface area (Å²) in [5, 5.41) is 18.8. The number of nitrogens with zero attached hydrogens (tertiary/aromatic N) is 2. The summed E-state index contributed by atoms with van der Waals surface area (Å²) >= 11 is 0. The number of nitriles is 1. The van der Waals surface area contributed by atoms with E-state index in [1.165, 1.54) is 12.4 Å². The largest absolute Gasteiger partial charge is 0.506 e. The zero-order valence-corrected chi connectivity index (χ0v) is 7.00. The lowest BCUT2D eigenvalue weighted by Crippen LogP contribution is -1.86. The summed E-state index contributed by atoms with van der Waals surface area (Å²) in [5.41, 5.74) is 1.85. The molecule has 2 rings (SSSR count). The molecule has 2 aromatic heterocycles. The summed E-state index contributed by atoms with van der Waals surface area (Å²) < 4.78 is 0. The molecule has 0 amide bonds. The van der Waals surface area contributed by atoms with Gasteiger partial charge in [0.2, 0.25) is 0 Å². The molecule has 4 heteroatoms. The lowest BCUT2D eigenvalue weighted by atomic mass is 10.1. The maximum absolute atomic E-state index is 9.43. The SMILES string of the molecule is Cc1c(C#N)cnc2[nH]cc(O)c12. The van der Waals surface area contributed by atoms with Crippen molar-refractivity contribution in [2.45, 2.75) is 6.92 Å². The predicted octanol–water partition coefficient (Wildman–Crippen LogP) is 1.45. The number of hydrogen-bond donors (Lipinski definition) is 2. The molecule has 2 heterocycles. The molecule has 2 N–H and O–H groups in total. The highest BCUT2D eigenvalue weighted by molar-refractivity contribution is 5.87. The molecule has 0 saturated heterocycles. The number of pyridine rings is 1. The number of aromatic amines is 1. The molecule has 13 heavy (non-hydrogen) atoms. The molecule has 2 aromatic rings. The van der Waals surface area contributed by atoms with Gasteiger partial charge in [-0.1, -0.05) is 0 Å². The Kier molecular flexibility index (Phi) is 1.46. The molecule has 0 aliphatic heterocycles. The first-order chi connectivity index (χ1) is 6.24. The summed E-state index contributed by atoms with van der Waals surface area (Å²) in [4.78, 5) is 6.81. The van der Waals surface area contributed by atoms with E-state index in [4.69, 9.17) is 5.26 Å². The maximum atomic E-state index is 9.43. The topological polar surface area (TPSA) is 72.7 Å². The fourth-order valence-electron chi connectivity index (χ4n) is 1.35. The third-order valence-corrected chi connectivity index (χ3v) is 2.06. The molecule has 0 radical (unpaired) electrons. The minimum Gasteiger partial charge on any atom is -0.506 e. The first kappa shape index (κ1) is 7.62. The number of aromatic hydroxyl groups is 1. The van der Waals surface area contributed by atoms with Crippen molar-refractivity contribution in [3.8, 4) is 11.8 Å². The van der Waals surface area contributed by atoms with Gasteiger partial charge in [0.15, 0.2) is 0 Å². The minimum atomic E-state index is 0.136. The molecule has 64 valence electrons. The molecular weight excluding hydrogens is 166 g/mol. The van der Waals surface area contributed by atoms with Gasteiger partial charge in [-0.2, -0.15) is 5.26 Å². The zero-order chi connectivity index (χ0) is 9.42. The summed E-state index contributed by atoms with van der Waals surface area (Å²) in [6, 6.07) is 2.02. The lowest BCUT2D eigenvalue weighted by Gasteiger charge is -1.97. The summed E-state index contributed by atoms with van der Waals surface area (Å²) in [6.45, 7) is 1.79. The molecule has 0 spiro atoms. The second kappa shape index (κ2) is 2.49. The van der Waals surface area contributed by atoms with E-state index in [0.717, 1.165) is 5.56 Å². The minimum absolute atomic E-state index is 0.136. The Hall–Kier alpha value is -2.02. The van der Waals surface area contributed by atoms with E-state index in [1.807, 2.05) is 6.07 Å². The van der Waals surface area contributed by atoms with Crippen LogP contribution >= 0.6 is 0 Å². The monoisotopic (exact) mass is 173 g/mol. The number of aromatic nitrogens is 2. The molecule has 0 bridgehead atoms. The van der Waals surface area contributed by atoms with Gasteiger partial charge < -0.3 is 10.1 Å². The van der Waals surface area contributed by atoms with Gasteiger partial charge in [-0.25, -0.2) is 4.98 Å². The van der Waals surface area contributed by atoms with E-state index >= 15 is 0 Å². The van der Waals surface area contributed by atoms with E-state index in [9.17, 15) is 5.11 Å². The van der Waals surface area contributed by atoms with Crippen molar-refractivity contribution in [2.24, 2.45) is 0 Å². The normalized spacial score (nSPS) is 10.2. The highest BCUT2D eigenvalue weighted by Gasteiger charge is 2.09. The molecule has 0 unspecified atom stereocenters. The van der Waals surface area contributed by atoms with E-state index < -0.39 is 0 Å². The molecule has 0 aromatic carbocycles. The summed E-state index contributed by atoms with van der Waals surface area (Å²) in [6.07, 6.45) is 2.96.